The first-order chi connectivity index (χ1) is 6.61. The van der Waals surface area contributed by atoms with E-state index in [4.69, 9.17) is 0 Å². The van der Waals surface area contributed by atoms with E-state index in [1.165, 1.54) is 0 Å². The number of carbonyl (C=O) groups is 2. The van der Waals surface area contributed by atoms with Gasteiger partial charge in [0.1, 0.15) is 0 Å². The predicted molar refractivity (Wildman–Crippen MR) is 53.3 cm³/mol. The van der Waals surface area contributed by atoms with Crippen LogP contribution in [0.5, 0.6) is 0 Å². The molecule has 0 spiro atoms. The van der Waals surface area contributed by atoms with E-state index in [-0.39, 0.29) is 59.1 Å². The fraction of sp³-hybridized carbons (Fsp3) is 0.500. The Morgan fingerprint density at radius 1 is 0.875 bits per heavy atom. The third kappa shape index (κ3) is 6.75. The minimum absolute atomic E-state index is 0. The van der Waals surface area contributed by atoms with Crippen molar-refractivity contribution >= 4 is 39.3 Å². The Bertz CT molecular complexity index is 296. The molecule has 76 valence electrons. The molecular weight excluding hydrogens is 262 g/mol. The van der Waals surface area contributed by atoms with Crippen molar-refractivity contribution in [3.63, 3.8) is 0 Å². The van der Waals surface area contributed by atoms with Crippen LogP contribution in [0.3, 0.4) is 0 Å². The monoisotopic (exact) mass is 272 g/mol. The Morgan fingerprint density at radius 3 is 1.12 bits per heavy atom. The van der Waals surface area contributed by atoms with Gasteiger partial charge in [-0.1, -0.05) is 11.3 Å². The molecule has 0 amide bonds. The summed E-state index contributed by atoms with van der Waals surface area (Å²) in [6, 6.07) is 1.76. The summed E-state index contributed by atoms with van der Waals surface area (Å²) in [6.07, 6.45) is 1.98. The maximum atomic E-state index is 9.88. The molecule has 4 nitrogen and oxygen atoms in total. The van der Waals surface area contributed by atoms with E-state index < -0.39 is 28.0 Å². The van der Waals surface area contributed by atoms with Crippen molar-refractivity contribution in [2.45, 2.75) is 24.9 Å². The second kappa shape index (κ2) is 10.1. The Morgan fingerprint density at radius 2 is 1.12 bits per heavy atom. The molecule has 2 rings (SSSR count). The van der Waals surface area contributed by atoms with Crippen molar-refractivity contribution in [2.24, 2.45) is 0 Å². The Balaban J connectivity index is 0. The normalized spacial score (nSPS) is 15.2. The van der Waals surface area contributed by atoms with Crippen molar-refractivity contribution in [1.29, 1.82) is 0 Å². The number of rotatable bonds is 2. The van der Waals surface area contributed by atoms with Crippen LogP contribution in [-0.4, -0.2) is 39.3 Å². The molecule has 8 heteroatoms. The average Bonchev–Trinajstić information content (AvgIpc) is 1.74. The van der Waals surface area contributed by atoms with E-state index in [1.807, 2.05) is 11.3 Å². The van der Waals surface area contributed by atoms with Gasteiger partial charge in [0.15, 0.2) is 0 Å². The standard InChI is InChI=1S/2C4H6O2Si.2Na/c2*5-4(6)7-2-1-3-7;;/h2*2H,1,3H2,(H,5,6);;/q;;2*+1/p-2. The van der Waals surface area contributed by atoms with Crippen molar-refractivity contribution in [3.8, 4) is 0 Å². The zero-order valence-corrected chi connectivity index (χ0v) is 15.6. The Labute approximate surface area is 141 Å². The van der Waals surface area contributed by atoms with Crippen molar-refractivity contribution in [2.75, 3.05) is 0 Å². The number of hydrogen-bond donors (Lipinski definition) is 0. The smallest absolute Gasteiger partial charge is 0.551 e. The topological polar surface area (TPSA) is 80.3 Å². The number of hydrogen-bond acceptors (Lipinski definition) is 4. The van der Waals surface area contributed by atoms with E-state index in [9.17, 15) is 19.8 Å². The van der Waals surface area contributed by atoms with Gasteiger partial charge in [-0.2, -0.15) is 0 Å². The van der Waals surface area contributed by atoms with Crippen LogP contribution in [0.25, 0.3) is 0 Å². The summed E-state index contributed by atoms with van der Waals surface area (Å²) in [5.74, 6) is 0. The molecule has 16 heavy (non-hydrogen) atoms. The fourth-order valence-electron chi connectivity index (χ4n) is 0.948. The van der Waals surface area contributed by atoms with Gasteiger partial charge in [-0.25, -0.2) is 0 Å². The molecule has 0 aromatic rings. The molecule has 0 unspecified atom stereocenters. The zero-order chi connectivity index (χ0) is 10.6. The molecule has 0 aromatic carbocycles. The fourth-order valence-corrected chi connectivity index (χ4v) is 2.84. The van der Waals surface area contributed by atoms with Gasteiger partial charge in [-0.15, -0.1) is 0 Å². The van der Waals surface area contributed by atoms with Crippen LogP contribution in [0, 0.1) is 0 Å². The summed E-state index contributed by atoms with van der Waals surface area (Å²) in [4.78, 5) is 19.8. The SMILES string of the molecule is O=C([O-])[Si]1=CCC1.O=C([O-])[Si]1=CCC1.[Na+].[Na+]. The molecule has 2 aliphatic rings. The first-order valence-electron chi connectivity index (χ1n) is 4.42. The van der Waals surface area contributed by atoms with Crippen LogP contribution in [0.1, 0.15) is 12.8 Å². The van der Waals surface area contributed by atoms with Gasteiger partial charge >= 0.3 is 59.1 Å². The quantitative estimate of drug-likeness (QED) is 0.468. The maximum absolute atomic E-state index is 9.88. The van der Waals surface area contributed by atoms with Gasteiger partial charge in [0.2, 0.25) is 0 Å². The van der Waals surface area contributed by atoms with Crippen molar-refractivity contribution in [1.82, 2.24) is 0 Å². The number of carbonyl (C=O) groups excluding carboxylic acids is 2. The van der Waals surface area contributed by atoms with Gasteiger partial charge in [0, 0.05) is 11.2 Å². The Hall–Kier alpha value is 1.11. The van der Waals surface area contributed by atoms with Gasteiger partial charge in [-0.3, -0.25) is 0 Å². The summed E-state index contributed by atoms with van der Waals surface area (Å²) in [5.41, 5.74) is 2.08. The average molecular weight is 272 g/mol. The van der Waals surface area contributed by atoms with Crippen LogP contribution in [-0.2, 0) is 0 Å². The summed E-state index contributed by atoms with van der Waals surface area (Å²) >= 11 is 0. The van der Waals surface area contributed by atoms with E-state index in [0.717, 1.165) is 24.9 Å². The summed E-state index contributed by atoms with van der Waals surface area (Å²) in [6.45, 7) is 0. The molecular formula is C8H10Na2O4Si2. The van der Waals surface area contributed by atoms with Crippen LogP contribution in [0.2, 0.25) is 12.1 Å². The Kier molecular flexibility index (Phi) is 12.2. The third-order valence-electron chi connectivity index (χ3n) is 2.13. The van der Waals surface area contributed by atoms with Gasteiger partial charge in [0.25, 0.3) is 0 Å². The van der Waals surface area contributed by atoms with E-state index in [2.05, 4.69) is 0 Å². The molecule has 0 fully saturated rings. The minimum atomic E-state index is -1.08. The molecule has 0 radical (unpaired) electrons. The first-order valence-corrected chi connectivity index (χ1v) is 7.99. The van der Waals surface area contributed by atoms with Crippen LogP contribution in [0.15, 0.2) is 0 Å². The molecule has 0 saturated carbocycles. The predicted octanol–water partition coefficient (Wildman–Crippen LogP) is -7.60. The summed E-state index contributed by atoms with van der Waals surface area (Å²) < 4.78 is 0. The largest absolute Gasteiger partial charge is 1.00 e. The molecule has 2 heterocycles. The van der Waals surface area contributed by atoms with Gasteiger partial charge < -0.3 is 19.8 Å². The molecule has 0 aromatic heterocycles. The van der Waals surface area contributed by atoms with Crippen molar-refractivity contribution in [3.05, 3.63) is 0 Å². The molecule has 0 atom stereocenters. The van der Waals surface area contributed by atoms with E-state index in [1.54, 1.807) is 0 Å². The maximum Gasteiger partial charge on any atom is 1.00 e. The van der Waals surface area contributed by atoms with Crippen LogP contribution in [0.4, 0.5) is 9.59 Å². The van der Waals surface area contributed by atoms with Crippen LogP contribution < -0.4 is 69.3 Å². The van der Waals surface area contributed by atoms with E-state index >= 15 is 0 Å². The molecule has 0 aliphatic carbocycles. The summed E-state index contributed by atoms with van der Waals surface area (Å²) in [5, 5.41) is 19.8. The summed E-state index contributed by atoms with van der Waals surface area (Å²) in [7, 11) is -2.17. The second-order valence-corrected chi connectivity index (χ2v) is 7.84. The van der Waals surface area contributed by atoms with E-state index in [0.29, 0.717) is 0 Å². The first kappa shape index (κ1) is 19.5. The zero-order valence-electron chi connectivity index (χ0n) is 9.62. The molecule has 0 N–H and O–H groups in total. The minimum Gasteiger partial charge on any atom is -0.551 e. The molecule has 0 bridgehead atoms. The number of carboxylic acid groups (broad SMARTS) is 2. The molecule has 2 aliphatic heterocycles. The van der Waals surface area contributed by atoms with Gasteiger partial charge in [-0.05, 0) is 24.9 Å². The van der Waals surface area contributed by atoms with Crippen molar-refractivity contribution < 1.29 is 78.9 Å². The third-order valence-corrected chi connectivity index (χ3v) is 6.40. The van der Waals surface area contributed by atoms with Gasteiger partial charge in [0.05, 0.1) is 16.8 Å². The molecule has 0 saturated heterocycles. The second-order valence-electron chi connectivity index (χ2n) is 3.11. The van der Waals surface area contributed by atoms with Crippen LogP contribution >= 0.6 is 0 Å².